The minimum absolute atomic E-state index is 0. The number of aromatic carboxylic acids is 1. The van der Waals surface area contributed by atoms with Crippen molar-refractivity contribution in [1.29, 1.82) is 0 Å². The number of benzene rings is 1. The second-order valence-corrected chi connectivity index (χ2v) is 3.28. The summed E-state index contributed by atoms with van der Waals surface area (Å²) in [5.41, 5.74) is -2.08. The molecule has 1 aromatic rings. The fourth-order valence-electron chi connectivity index (χ4n) is 1.35. The van der Waals surface area contributed by atoms with E-state index in [1.165, 1.54) is 0 Å². The molecule has 0 aliphatic carbocycles. The number of rotatable bonds is 3. The van der Waals surface area contributed by atoms with Crippen LogP contribution in [0, 0.1) is 6.92 Å². The summed E-state index contributed by atoms with van der Waals surface area (Å²) in [6.45, 7) is -4.19. The standard InChI is InChI=1S/C9H7BF3O3.K/c1-5-7(4-14)2-6(9(15)16)3-8(5)10(11,12)13;/h2-4H,1H3,(H,15,16);/q-1;+1. The molecule has 0 fully saturated rings. The Morgan fingerprint density at radius 3 is 2.24 bits per heavy atom. The minimum atomic E-state index is -5.33. The Balaban J connectivity index is 0.00000256. The predicted molar refractivity (Wildman–Crippen MR) is 52.2 cm³/mol. The van der Waals surface area contributed by atoms with E-state index in [1.54, 1.807) is 0 Å². The number of hydrogen-bond acceptors (Lipinski definition) is 2. The van der Waals surface area contributed by atoms with E-state index < -0.39 is 24.0 Å². The molecule has 86 valence electrons. The molecule has 0 saturated heterocycles. The number of carbonyl (C=O) groups excluding carboxylic acids is 1. The first-order valence-corrected chi connectivity index (χ1v) is 4.30. The molecule has 1 N–H and O–H groups in total. The zero-order valence-corrected chi connectivity index (χ0v) is 12.3. The van der Waals surface area contributed by atoms with Crippen LogP contribution < -0.4 is 56.8 Å². The third-order valence-corrected chi connectivity index (χ3v) is 2.21. The van der Waals surface area contributed by atoms with Crippen LogP contribution in [0.2, 0.25) is 0 Å². The number of carbonyl (C=O) groups is 2. The predicted octanol–water partition coefficient (Wildman–Crippen LogP) is -1.44. The molecule has 0 bridgehead atoms. The number of halogens is 3. The largest absolute Gasteiger partial charge is 1.00 e. The van der Waals surface area contributed by atoms with Gasteiger partial charge in [0, 0.05) is 5.56 Å². The maximum atomic E-state index is 12.6. The van der Waals surface area contributed by atoms with Crippen molar-refractivity contribution in [1.82, 2.24) is 0 Å². The third-order valence-electron chi connectivity index (χ3n) is 2.21. The normalized spacial score (nSPS) is 10.6. The fourth-order valence-corrected chi connectivity index (χ4v) is 1.35. The van der Waals surface area contributed by atoms with Gasteiger partial charge in [-0.25, -0.2) is 4.79 Å². The van der Waals surface area contributed by atoms with Crippen LogP contribution in [0.3, 0.4) is 0 Å². The molecule has 0 radical (unpaired) electrons. The minimum Gasteiger partial charge on any atom is -0.478 e. The van der Waals surface area contributed by atoms with Crippen molar-refractivity contribution in [3.63, 3.8) is 0 Å². The van der Waals surface area contributed by atoms with E-state index in [4.69, 9.17) is 5.11 Å². The topological polar surface area (TPSA) is 54.4 Å². The molecule has 1 aromatic carbocycles. The van der Waals surface area contributed by atoms with Gasteiger partial charge in [-0.05, 0) is 13.0 Å². The van der Waals surface area contributed by atoms with Crippen molar-refractivity contribution < 1.29 is 79.0 Å². The van der Waals surface area contributed by atoms with Gasteiger partial charge in [0.25, 0.3) is 0 Å². The second kappa shape index (κ2) is 6.15. The van der Waals surface area contributed by atoms with Gasteiger partial charge in [-0.1, -0.05) is 11.6 Å². The SMILES string of the molecule is Cc1c(C=O)cc(C(=O)O)cc1[B-](F)(F)F.[K+]. The molecule has 17 heavy (non-hydrogen) atoms. The number of carboxylic acid groups (broad SMARTS) is 1. The molecule has 0 aliphatic heterocycles. The summed E-state index contributed by atoms with van der Waals surface area (Å²) in [6.07, 6.45) is 0.215. The number of carboxylic acids is 1. The van der Waals surface area contributed by atoms with Gasteiger partial charge in [0.15, 0.2) is 0 Å². The molecule has 0 saturated carbocycles. The molecule has 8 heteroatoms. The molecule has 0 amide bonds. The van der Waals surface area contributed by atoms with E-state index in [-0.39, 0.29) is 68.8 Å². The summed E-state index contributed by atoms with van der Waals surface area (Å²) in [5, 5.41) is 8.61. The molecule has 0 spiro atoms. The monoisotopic (exact) mass is 270 g/mol. The molecule has 0 aromatic heterocycles. The average molecular weight is 270 g/mol. The Morgan fingerprint density at radius 2 is 1.88 bits per heavy atom. The molecule has 0 heterocycles. The van der Waals surface area contributed by atoms with E-state index in [0.717, 1.165) is 13.0 Å². The van der Waals surface area contributed by atoms with Crippen LogP contribution in [0.25, 0.3) is 0 Å². The van der Waals surface area contributed by atoms with Crippen LogP contribution in [0.5, 0.6) is 0 Å². The van der Waals surface area contributed by atoms with Gasteiger partial charge in [-0.3, -0.25) is 4.79 Å². The maximum absolute atomic E-state index is 12.6. The molecule has 0 aliphatic rings. The van der Waals surface area contributed by atoms with E-state index in [1.807, 2.05) is 0 Å². The van der Waals surface area contributed by atoms with E-state index in [0.29, 0.717) is 6.07 Å². The first-order valence-electron chi connectivity index (χ1n) is 4.30. The molecule has 3 nitrogen and oxygen atoms in total. The van der Waals surface area contributed by atoms with Crippen molar-refractivity contribution in [3.05, 3.63) is 28.8 Å². The summed E-state index contributed by atoms with van der Waals surface area (Å²) >= 11 is 0. The van der Waals surface area contributed by atoms with Gasteiger partial charge in [-0.15, -0.1) is 5.46 Å². The average Bonchev–Trinajstić information content (AvgIpc) is 2.15. The Morgan fingerprint density at radius 1 is 1.35 bits per heavy atom. The Labute approximate surface area is 138 Å². The van der Waals surface area contributed by atoms with Crippen LogP contribution in [-0.2, 0) is 0 Å². The van der Waals surface area contributed by atoms with Crippen LogP contribution in [0.1, 0.15) is 26.3 Å². The first kappa shape index (κ1) is 16.9. The molecule has 0 atom stereocenters. The maximum Gasteiger partial charge on any atom is 1.00 e. The zero-order valence-electron chi connectivity index (χ0n) is 9.21. The number of hydrogen-bond donors (Lipinski definition) is 1. The van der Waals surface area contributed by atoms with Gasteiger partial charge in [0.1, 0.15) is 6.29 Å². The van der Waals surface area contributed by atoms with Gasteiger partial charge in [0.2, 0.25) is 0 Å². The molecule has 0 unspecified atom stereocenters. The third kappa shape index (κ3) is 3.92. The Bertz CT molecular complexity index is 460. The Hall–Kier alpha value is -0.149. The molecule has 1 rings (SSSR count). The van der Waals surface area contributed by atoms with E-state index in [9.17, 15) is 22.5 Å². The smallest absolute Gasteiger partial charge is 0.478 e. The van der Waals surface area contributed by atoms with Gasteiger partial charge < -0.3 is 18.1 Å². The van der Waals surface area contributed by atoms with Gasteiger partial charge >= 0.3 is 64.3 Å². The van der Waals surface area contributed by atoms with Crippen LogP contribution >= 0.6 is 0 Å². The van der Waals surface area contributed by atoms with Crippen LogP contribution in [0.15, 0.2) is 12.1 Å². The first-order chi connectivity index (χ1) is 7.27. The Kier molecular flexibility index (Phi) is 6.09. The summed E-state index contributed by atoms with van der Waals surface area (Å²) < 4.78 is 37.7. The molecular formula is C9H7BF3KO3. The van der Waals surface area contributed by atoms with Crippen molar-refractivity contribution in [2.24, 2.45) is 0 Å². The number of aldehydes is 1. The van der Waals surface area contributed by atoms with Crippen molar-refractivity contribution in [2.75, 3.05) is 0 Å². The van der Waals surface area contributed by atoms with Crippen molar-refractivity contribution >= 4 is 24.7 Å². The van der Waals surface area contributed by atoms with E-state index >= 15 is 0 Å². The van der Waals surface area contributed by atoms with E-state index in [2.05, 4.69) is 0 Å². The summed E-state index contributed by atoms with van der Waals surface area (Å²) in [5.74, 6) is -1.50. The quantitative estimate of drug-likeness (QED) is 0.541. The van der Waals surface area contributed by atoms with Crippen LogP contribution in [0.4, 0.5) is 12.9 Å². The van der Waals surface area contributed by atoms with Crippen molar-refractivity contribution in [2.45, 2.75) is 6.92 Å². The van der Waals surface area contributed by atoms with Crippen molar-refractivity contribution in [3.8, 4) is 0 Å². The summed E-state index contributed by atoms with van der Waals surface area (Å²) in [4.78, 5) is 21.1. The van der Waals surface area contributed by atoms with Gasteiger partial charge in [0.05, 0.1) is 5.56 Å². The zero-order chi connectivity index (χ0) is 12.5. The molecular weight excluding hydrogens is 263 g/mol. The van der Waals surface area contributed by atoms with Gasteiger partial charge in [-0.2, -0.15) is 0 Å². The van der Waals surface area contributed by atoms with Crippen LogP contribution in [-0.4, -0.2) is 24.3 Å². The second-order valence-electron chi connectivity index (χ2n) is 3.28. The summed E-state index contributed by atoms with van der Waals surface area (Å²) in [7, 11) is 0. The summed E-state index contributed by atoms with van der Waals surface area (Å²) in [6, 6.07) is 1.47. The fraction of sp³-hybridized carbons (Fsp3) is 0.111.